The van der Waals surface area contributed by atoms with Crippen LogP contribution in [0.4, 0.5) is 0 Å². The Morgan fingerprint density at radius 3 is 2.68 bits per heavy atom. The zero-order valence-electron chi connectivity index (χ0n) is 10.9. The van der Waals surface area contributed by atoms with E-state index in [-0.39, 0.29) is 6.04 Å². The minimum atomic E-state index is -0.643. The molecule has 2 heterocycles. The molecule has 1 N–H and O–H groups in total. The topological polar surface area (TPSA) is 56.7 Å². The molecule has 0 radical (unpaired) electrons. The largest absolute Gasteiger partial charge is 0.480 e. The average Bonchev–Trinajstić information content (AvgIpc) is 3.08. The number of aliphatic carboxylic acids is 1. The lowest BCUT2D eigenvalue weighted by atomic mass is 10.1. The lowest BCUT2D eigenvalue weighted by Crippen LogP contribution is -2.53. The minimum absolute atomic E-state index is 0.249. The van der Waals surface area contributed by atoms with Gasteiger partial charge in [-0.15, -0.1) is 11.3 Å². The minimum Gasteiger partial charge on any atom is -0.480 e. The monoisotopic (exact) mass is 281 g/mol. The third-order valence-corrected chi connectivity index (χ3v) is 4.63. The second-order valence-electron chi connectivity index (χ2n) is 5.41. The second-order valence-corrected chi connectivity index (χ2v) is 6.13. The fourth-order valence-electron chi connectivity index (χ4n) is 2.81. The molecule has 2 aliphatic rings. The molecule has 0 amide bonds. The number of carboxylic acid groups (broad SMARTS) is 1. The number of piperazine rings is 1. The highest BCUT2D eigenvalue weighted by Crippen LogP contribution is 2.35. The van der Waals surface area contributed by atoms with Crippen LogP contribution in [0, 0.1) is 5.92 Å². The van der Waals surface area contributed by atoms with Crippen LogP contribution in [-0.2, 0) is 11.3 Å². The molecule has 3 rings (SSSR count). The first-order valence-electron chi connectivity index (χ1n) is 6.80. The highest BCUT2D eigenvalue weighted by molar-refractivity contribution is 7.07. The van der Waals surface area contributed by atoms with Gasteiger partial charge in [-0.1, -0.05) is 0 Å². The number of carboxylic acids is 1. The Hall–Kier alpha value is -0.980. The predicted octanol–water partition coefficient (Wildman–Crippen LogP) is 1.12. The summed E-state index contributed by atoms with van der Waals surface area (Å²) >= 11 is 1.62. The summed E-state index contributed by atoms with van der Waals surface area (Å²) in [5, 5.41) is 11.4. The van der Waals surface area contributed by atoms with Crippen molar-refractivity contribution in [3.8, 4) is 0 Å². The molecule has 1 unspecified atom stereocenters. The van der Waals surface area contributed by atoms with Crippen molar-refractivity contribution in [1.29, 1.82) is 0 Å². The van der Waals surface area contributed by atoms with Gasteiger partial charge in [0.05, 0.1) is 11.2 Å². The van der Waals surface area contributed by atoms with Gasteiger partial charge < -0.3 is 5.11 Å². The van der Waals surface area contributed by atoms with E-state index in [0.717, 1.165) is 51.3 Å². The van der Waals surface area contributed by atoms with Crippen molar-refractivity contribution in [2.45, 2.75) is 25.4 Å². The van der Waals surface area contributed by atoms with Crippen molar-refractivity contribution < 1.29 is 9.90 Å². The normalized spacial score (nSPS) is 23.4. The molecular formula is C13H19N3O2S. The molecule has 1 atom stereocenters. The van der Waals surface area contributed by atoms with Crippen LogP contribution in [-0.4, -0.2) is 58.1 Å². The summed E-state index contributed by atoms with van der Waals surface area (Å²) < 4.78 is 0. The van der Waals surface area contributed by atoms with Gasteiger partial charge in [0.2, 0.25) is 0 Å². The molecular weight excluding hydrogens is 262 g/mol. The van der Waals surface area contributed by atoms with Gasteiger partial charge in [0.1, 0.15) is 6.04 Å². The highest BCUT2D eigenvalue weighted by atomic mass is 32.1. The first kappa shape index (κ1) is 13.0. The molecule has 0 aromatic carbocycles. The van der Waals surface area contributed by atoms with E-state index < -0.39 is 5.97 Å². The van der Waals surface area contributed by atoms with Crippen molar-refractivity contribution >= 4 is 17.3 Å². The van der Waals surface area contributed by atoms with Crippen molar-refractivity contribution in [3.05, 3.63) is 16.6 Å². The third-order valence-electron chi connectivity index (χ3n) is 3.99. The third kappa shape index (κ3) is 3.13. The van der Waals surface area contributed by atoms with Crippen LogP contribution in [0.1, 0.15) is 18.5 Å². The smallest absolute Gasteiger partial charge is 0.321 e. The standard InChI is InChI=1S/C13H19N3O2S/c17-13(18)12(10-1-2-10)16-5-3-15(4-6-16)7-11-8-19-9-14-11/h8-10,12H,1-7H2,(H,17,18). The van der Waals surface area contributed by atoms with Crippen LogP contribution in [0.15, 0.2) is 10.9 Å². The summed E-state index contributed by atoms with van der Waals surface area (Å²) in [6.07, 6.45) is 2.16. The molecule has 104 valence electrons. The van der Waals surface area contributed by atoms with Gasteiger partial charge in [-0.25, -0.2) is 4.98 Å². The van der Waals surface area contributed by atoms with Gasteiger partial charge in [0.25, 0.3) is 0 Å². The molecule has 6 heteroatoms. The number of thiazole rings is 1. The van der Waals surface area contributed by atoms with E-state index in [9.17, 15) is 9.90 Å². The van der Waals surface area contributed by atoms with Crippen LogP contribution in [0.25, 0.3) is 0 Å². The Balaban J connectivity index is 1.52. The highest BCUT2D eigenvalue weighted by Gasteiger charge is 2.41. The van der Waals surface area contributed by atoms with Crippen molar-refractivity contribution in [2.24, 2.45) is 5.92 Å². The van der Waals surface area contributed by atoms with Crippen LogP contribution in [0.2, 0.25) is 0 Å². The van der Waals surface area contributed by atoms with E-state index >= 15 is 0 Å². The van der Waals surface area contributed by atoms with Crippen LogP contribution < -0.4 is 0 Å². The Bertz CT molecular complexity index is 425. The number of hydrogen-bond acceptors (Lipinski definition) is 5. The number of hydrogen-bond donors (Lipinski definition) is 1. The Labute approximate surface area is 116 Å². The van der Waals surface area contributed by atoms with E-state index in [2.05, 4.69) is 20.2 Å². The van der Waals surface area contributed by atoms with Gasteiger partial charge in [0, 0.05) is 38.1 Å². The molecule has 1 aromatic rings. The maximum Gasteiger partial charge on any atom is 0.321 e. The molecule has 0 bridgehead atoms. The molecule has 0 spiro atoms. The SMILES string of the molecule is O=C(O)C(C1CC1)N1CCN(Cc2cscn2)CC1. The van der Waals surface area contributed by atoms with E-state index in [1.807, 2.05) is 5.51 Å². The summed E-state index contributed by atoms with van der Waals surface area (Å²) in [6.45, 7) is 4.48. The van der Waals surface area contributed by atoms with E-state index in [1.54, 1.807) is 11.3 Å². The second kappa shape index (κ2) is 5.56. The molecule has 19 heavy (non-hydrogen) atoms. The number of aromatic nitrogens is 1. The van der Waals surface area contributed by atoms with Crippen LogP contribution in [0.3, 0.4) is 0 Å². The zero-order valence-corrected chi connectivity index (χ0v) is 11.7. The number of nitrogens with zero attached hydrogens (tertiary/aromatic N) is 3. The maximum atomic E-state index is 11.4. The molecule has 1 aromatic heterocycles. The van der Waals surface area contributed by atoms with Crippen LogP contribution >= 0.6 is 11.3 Å². The van der Waals surface area contributed by atoms with E-state index in [1.165, 1.54) is 0 Å². The van der Waals surface area contributed by atoms with Gasteiger partial charge >= 0.3 is 5.97 Å². The molecule has 2 fully saturated rings. The summed E-state index contributed by atoms with van der Waals surface area (Å²) in [4.78, 5) is 20.2. The zero-order chi connectivity index (χ0) is 13.2. The van der Waals surface area contributed by atoms with Gasteiger partial charge in [0.15, 0.2) is 0 Å². The lowest BCUT2D eigenvalue weighted by Gasteiger charge is -2.37. The quantitative estimate of drug-likeness (QED) is 0.876. The first-order chi connectivity index (χ1) is 9.24. The van der Waals surface area contributed by atoms with Crippen molar-refractivity contribution in [3.63, 3.8) is 0 Å². The summed E-state index contributed by atoms with van der Waals surface area (Å²) in [7, 11) is 0. The predicted molar refractivity (Wildman–Crippen MR) is 73.1 cm³/mol. The Kier molecular flexibility index (Phi) is 3.81. The van der Waals surface area contributed by atoms with Gasteiger partial charge in [-0.2, -0.15) is 0 Å². The van der Waals surface area contributed by atoms with Gasteiger partial charge in [-0.3, -0.25) is 14.6 Å². The molecule has 5 nitrogen and oxygen atoms in total. The van der Waals surface area contributed by atoms with Crippen molar-refractivity contribution in [1.82, 2.24) is 14.8 Å². The summed E-state index contributed by atoms with van der Waals surface area (Å²) in [5.41, 5.74) is 2.98. The maximum absolute atomic E-state index is 11.4. The van der Waals surface area contributed by atoms with Crippen LogP contribution in [0.5, 0.6) is 0 Å². The van der Waals surface area contributed by atoms with E-state index in [0.29, 0.717) is 5.92 Å². The summed E-state index contributed by atoms with van der Waals surface area (Å²) in [6, 6.07) is -0.249. The molecule has 1 saturated carbocycles. The molecule has 1 aliphatic heterocycles. The first-order valence-corrected chi connectivity index (χ1v) is 7.74. The summed E-state index contributed by atoms with van der Waals surface area (Å²) in [5.74, 6) is -0.252. The Morgan fingerprint density at radius 1 is 1.42 bits per heavy atom. The fraction of sp³-hybridized carbons (Fsp3) is 0.692. The average molecular weight is 281 g/mol. The van der Waals surface area contributed by atoms with Crippen molar-refractivity contribution in [2.75, 3.05) is 26.2 Å². The molecule has 1 aliphatic carbocycles. The molecule has 1 saturated heterocycles. The fourth-order valence-corrected chi connectivity index (χ4v) is 3.36. The van der Waals surface area contributed by atoms with Gasteiger partial charge in [-0.05, 0) is 18.8 Å². The lowest BCUT2D eigenvalue weighted by molar-refractivity contribution is -0.145. The number of carbonyl (C=O) groups is 1. The Morgan fingerprint density at radius 2 is 2.16 bits per heavy atom. The number of rotatable bonds is 5. The van der Waals surface area contributed by atoms with E-state index in [4.69, 9.17) is 0 Å².